The SMILES string of the molecule is C[C@@H](N)C(=O)N1CCc2c(Cl)cccc21.Cl. The minimum absolute atomic E-state index is 0. The van der Waals surface area contributed by atoms with E-state index in [2.05, 4.69) is 0 Å². The van der Waals surface area contributed by atoms with Gasteiger partial charge in [-0.2, -0.15) is 0 Å². The lowest BCUT2D eigenvalue weighted by molar-refractivity contribution is -0.119. The second kappa shape index (κ2) is 5.04. The number of halogens is 2. The summed E-state index contributed by atoms with van der Waals surface area (Å²) in [5.41, 5.74) is 7.54. The molecule has 2 N–H and O–H groups in total. The molecule has 0 fully saturated rings. The van der Waals surface area contributed by atoms with Crippen LogP contribution in [-0.2, 0) is 11.2 Å². The zero-order valence-corrected chi connectivity index (χ0v) is 10.5. The molecule has 0 aromatic heterocycles. The average Bonchev–Trinajstić information content (AvgIpc) is 2.61. The molecule has 16 heavy (non-hydrogen) atoms. The molecular formula is C11H14Cl2N2O. The van der Waals surface area contributed by atoms with Crippen molar-refractivity contribution in [2.75, 3.05) is 11.4 Å². The molecular weight excluding hydrogens is 247 g/mol. The number of hydrogen-bond donors (Lipinski definition) is 1. The Bertz CT molecular complexity index is 407. The highest BCUT2D eigenvalue weighted by molar-refractivity contribution is 6.32. The van der Waals surface area contributed by atoms with E-state index in [0.717, 1.165) is 22.7 Å². The number of fused-ring (bicyclic) bond motifs is 1. The monoisotopic (exact) mass is 260 g/mol. The van der Waals surface area contributed by atoms with Crippen LogP contribution in [0, 0.1) is 0 Å². The standard InChI is InChI=1S/C11H13ClN2O.ClH/c1-7(13)11(15)14-6-5-8-9(12)3-2-4-10(8)14;/h2-4,7H,5-6,13H2,1H3;1H/t7-;/m1./s1. The Morgan fingerprint density at radius 1 is 1.56 bits per heavy atom. The van der Waals surface area contributed by atoms with Gasteiger partial charge in [0, 0.05) is 17.3 Å². The Balaban J connectivity index is 0.00000128. The molecule has 88 valence electrons. The first kappa shape index (κ1) is 13.3. The highest BCUT2D eigenvalue weighted by Crippen LogP contribution is 2.33. The van der Waals surface area contributed by atoms with E-state index in [1.807, 2.05) is 18.2 Å². The van der Waals surface area contributed by atoms with Crippen molar-refractivity contribution >= 4 is 35.6 Å². The van der Waals surface area contributed by atoms with E-state index in [0.29, 0.717) is 6.54 Å². The van der Waals surface area contributed by atoms with E-state index in [1.54, 1.807) is 11.8 Å². The zero-order valence-electron chi connectivity index (χ0n) is 8.94. The summed E-state index contributed by atoms with van der Waals surface area (Å²) in [6, 6.07) is 5.15. The fraction of sp³-hybridized carbons (Fsp3) is 0.364. The zero-order chi connectivity index (χ0) is 11.0. The van der Waals surface area contributed by atoms with E-state index in [-0.39, 0.29) is 18.3 Å². The molecule has 0 aliphatic carbocycles. The summed E-state index contributed by atoms with van der Waals surface area (Å²) in [5.74, 6) is -0.0454. The van der Waals surface area contributed by atoms with Gasteiger partial charge >= 0.3 is 0 Å². The number of nitrogens with zero attached hydrogens (tertiary/aromatic N) is 1. The van der Waals surface area contributed by atoms with E-state index in [4.69, 9.17) is 17.3 Å². The summed E-state index contributed by atoms with van der Waals surface area (Å²) in [6.07, 6.45) is 0.813. The van der Waals surface area contributed by atoms with Gasteiger partial charge in [-0.05, 0) is 31.0 Å². The molecule has 1 aliphatic heterocycles. The molecule has 0 radical (unpaired) electrons. The summed E-state index contributed by atoms with van der Waals surface area (Å²) >= 11 is 6.05. The van der Waals surface area contributed by atoms with Crippen molar-refractivity contribution in [3.63, 3.8) is 0 Å². The maximum atomic E-state index is 11.8. The third-order valence-electron chi connectivity index (χ3n) is 2.63. The van der Waals surface area contributed by atoms with Gasteiger partial charge in [0.2, 0.25) is 5.91 Å². The number of anilines is 1. The Kier molecular flexibility index (Phi) is 4.19. The fourth-order valence-corrected chi connectivity index (χ4v) is 2.13. The van der Waals surface area contributed by atoms with Crippen molar-refractivity contribution in [3.05, 3.63) is 28.8 Å². The third kappa shape index (κ3) is 2.17. The van der Waals surface area contributed by atoms with Crippen LogP contribution >= 0.6 is 24.0 Å². The normalized spacial score (nSPS) is 15.3. The second-order valence-corrected chi connectivity index (χ2v) is 4.17. The highest BCUT2D eigenvalue weighted by Gasteiger charge is 2.27. The molecule has 1 heterocycles. The van der Waals surface area contributed by atoms with Crippen molar-refractivity contribution in [1.29, 1.82) is 0 Å². The van der Waals surface area contributed by atoms with Crippen molar-refractivity contribution in [1.82, 2.24) is 0 Å². The Morgan fingerprint density at radius 3 is 2.88 bits per heavy atom. The smallest absolute Gasteiger partial charge is 0.243 e. The maximum absolute atomic E-state index is 11.8. The summed E-state index contributed by atoms with van der Waals surface area (Å²) in [7, 11) is 0. The van der Waals surface area contributed by atoms with Crippen LogP contribution in [0.25, 0.3) is 0 Å². The lowest BCUT2D eigenvalue weighted by Gasteiger charge is -2.19. The average molecular weight is 261 g/mol. The van der Waals surface area contributed by atoms with Gasteiger partial charge < -0.3 is 10.6 Å². The molecule has 1 aromatic rings. The predicted octanol–water partition coefficient (Wildman–Crippen LogP) is 2.00. The Hall–Kier alpha value is -0.770. The first-order chi connectivity index (χ1) is 7.11. The first-order valence-corrected chi connectivity index (χ1v) is 5.33. The molecule has 0 saturated heterocycles. The number of benzene rings is 1. The summed E-state index contributed by atoms with van der Waals surface area (Å²) in [4.78, 5) is 13.5. The molecule has 0 saturated carbocycles. The lowest BCUT2D eigenvalue weighted by Crippen LogP contribution is -2.41. The van der Waals surface area contributed by atoms with Crippen LogP contribution in [0.3, 0.4) is 0 Å². The van der Waals surface area contributed by atoms with Crippen LogP contribution in [-0.4, -0.2) is 18.5 Å². The molecule has 2 rings (SSSR count). The van der Waals surface area contributed by atoms with Crippen molar-refractivity contribution in [3.8, 4) is 0 Å². The minimum Gasteiger partial charge on any atom is -0.320 e. The number of hydrogen-bond acceptors (Lipinski definition) is 2. The molecule has 5 heteroatoms. The number of nitrogens with two attached hydrogens (primary N) is 1. The summed E-state index contributed by atoms with van der Waals surface area (Å²) in [6.45, 7) is 2.38. The van der Waals surface area contributed by atoms with Gasteiger partial charge in [-0.1, -0.05) is 17.7 Å². The van der Waals surface area contributed by atoms with Crippen molar-refractivity contribution in [2.24, 2.45) is 5.73 Å². The van der Waals surface area contributed by atoms with Crippen molar-refractivity contribution < 1.29 is 4.79 Å². The number of rotatable bonds is 1. The van der Waals surface area contributed by atoms with Gasteiger partial charge in [0.1, 0.15) is 0 Å². The quantitative estimate of drug-likeness (QED) is 0.840. The molecule has 0 spiro atoms. The van der Waals surface area contributed by atoms with Gasteiger partial charge in [0.25, 0.3) is 0 Å². The van der Waals surface area contributed by atoms with Crippen LogP contribution in [0.5, 0.6) is 0 Å². The molecule has 1 amide bonds. The minimum atomic E-state index is -0.463. The fourth-order valence-electron chi connectivity index (χ4n) is 1.87. The van der Waals surface area contributed by atoms with Crippen LogP contribution < -0.4 is 10.6 Å². The van der Waals surface area contributed by atoms with Gasteiger partial charge in [0.05, 0.1) is 6.04 Å². The van der Waals surface area contributed by atoms with Crippen LogP contribution in [0.1, 0.15) is 12.5 Å². The van der Waals surface area contributed by atoms with Gasteiger partial charge in [-0.25, -0.2) is 0 Å². The van der Waals surface area contributed by atoms with Gasteiger partial charge in [-0.3, -0.25) is 4.79 Å². The number of carbonyl (C=O) groups excluding carboxylic acids is 1. The molecule has 3 nitrogen and oxygen atoms in total. The van der Waals surface area contributed by atoms with E-state index in [9.17, 15) is 4.79 Å². The summed E-state index contributed by atoms with van der Waals surface area (Å²) < 4.78 is 0. The number of amides is 1. The molecule has 1 aliphatic rings. The topological polar surface area (TPSA) is 46.3 Å². The highest BCUT2D eigenvalue weighted by atomic mass is 35.5. The molecule has 0 unspecified atom stereocenters. The van der Waals surface area contributed by atoms with E-state index < -0.39 is 6.04 Å². The first-order valence-electron chi connectivity index (χ1n) is 4.95. The van der Waals surface area contributed by atoms with Gasteiger partial charge in [0.15, 0.2) is 0 Å². The van der Waals surface area contributed by atoms with Crippen LogP contribution in [0.4, 0.5) is 5.69 Å². The molecule has 0 bridgehead atoms. The third-order valence-corrected chi connectivity index (χ3v) is 2.98. The lowest BCUT2D eigenvalue weighted by atomic mass is 10.2. The summed E-state index contributed by atoms with van der Waals surface area (Å²) in [5, 5.41) is 0.729. The van der Waals surface area contributed by atoms with Crippen LogP contribution in [0.2, 0.25) is 5.02 Å². The predicted molar refractivity (Wildman–Crippen MR) is 68.4 cm³/mol. The van der Waals surface area contributed by atoms with E-state index >= 15 is 0 Å². The van der Waals surface area contributed by atoms with Gasteiger partial charge in [-0.15, -0.1) is 12.4 Å². The molecule has 1 atom stereocenters. The molecule has 1 aromatic carbocycles. The Labute approximate surface area is 106 Å². The second-order valence-electron chi connectivity index (χ2n) is 3.77. The largest absolute Gasteiger partial charge is 0.320 e. The van der Waals surface area contributed by atoms with E-state index in [1.165, 1.54) is 0 Å². The number of carbonyl (C=O) groups is 1. The van der Waals surface area contributed by atoms with Crippen LogP contribution in [0.15, 0.2) is 18.2 Å². The van der Waals surface area contributed by atoms with Crippen molar-refractivity contribution in [2.45, 2.75) is 19.4 Å². The maximum Gasteiger partial charge on any atom is 0.243 e. The Morgan fingerprint density at radius 2 is 2.25 bits per heavy atom.